The fourth-order valence-electron chi connectivity index (χ4n) is 3.49. The van der Waals surface area contributed by atoms with E-state index >= 15 is 0 Å². The van der Waals surface area contributed by atoms with Crippen molar-refractivity contribution in [2.75, 3.05) is 0 Å². The van der Waals surface area contributed by atoms with Gasteiger partial charge < -0.3 is 46.1 Å². The number of thiophene rings is 2. The molecule has 2 aromatic heterocycles. The van der Waals surface area contributed by atoms with E-state index in [1.54, 1.807) is 71.2 Å². The summed E-state index contributed by atoms with van der Waals surface area (Å²) in [7, 11) is 0. The average molecular weight is 634 g/mol. The number of hydrogen-bond acceptors (Lipinski definition) is 10. The van der Waals surface area contributed by atoms with E-state index in [2.05, 4.69) is 10.6 Å². The van der Waals surface area contributed by atoms with Crippen molar-refractivity contribution < 1.29 is 52.6 Å². The van der Waals surface area contributed by atoms with Crippen LogP contribution in [-0.4, -0.2) is 39.7 Å². The van der Waals surface area contributed by atoms with Crippen LogP contribution in [0.3, 0.4) is 0 Å². The van der Waals surface area contributed by atoms with Crippen molar-refractivity contribution in [3.05, 3.63) is 104 Å². The van der Waals surface area contributed by atoms with Crippen LogP contribution in [0.2, 0.25) is 0 Å². The average Bonchev–Trinajstić information content (AvgIpc) is 3.61. The first-order valence-electron chi connectivity index (χ1n) is 11.8. The zero-order chi connectivity index (χ0) is 27.3. The largest absolute Gasteiger partial charge is 2.00 e. The Kier molecular flexibility index (Phi) is 15.8. The van der Waals surface area contributed by atoms with Gasteiger partial charge in [-0.1, -0.05) is 36.4 Å². The third-order valence-electron chi connectivity index (χ3n) is 5.53. The molecule has 0 aliphatic carbocycles. The van der Waals surface area contributed by atoms with E-state index in [0.717, 1.165) is 20.9 Å². The van der Waals surface area contributed by atoms with Gasteiger partial charge in [0.05, 0.1) is 24.0 Å². The van der Waals surface area contributed by atoms with Crippen molar-refractivity contribution in [2.45, 2.75) is 38.0 Å². The fraction of sp³-hybridized carbons (Fsp3) is 0.214. The first-order valence-corrected chi connectivity index (χ1v) is 13.5. The number of nitrogens with one attached hydrogen (secondary N) is 2. The van der Waals surface area contributed by atoms with Crippen LogP contribution in [-0.2, 0) is 52.6 Å². The summed E-state index contributed by atoms with van der Waals surface area (Å²) in [5.74, 6) is -1.91. The van der Waals surface area contributed by atoms with Crippen molar-refractivity contribution in [2.24, 2.45) is 0 Å². The Morgan fingerprint density at radius 3 is 1.30 bits per heavy atom. The molecule has 40 heavy (non-hydrogen) atoms. The van der Waals surface area contributed by atoms with Gasteiger partial charge in [-0.3, -0.25) is 0 Å². The maximum absolute atomic E-state index is 11.1. The van der Waals surface area contributed by atoms with Crippen LogP contribution in [0.25, 0.3) is 0 Å². The topological polar surface area (TPSA) is 176 Å². The second-order valence-corrected chi connectivity index (χ2v) is 10.5. The monoisotopic (exact) mass is 633 g/mol. The van der Waals surface area contributed by atoms with Crippen molar-refractivity contribution >= 4 is 34.6 Å². The van der Waals surface area contributed by atoms with Crippen molar-refractivity contribution in [3.8, 4) is 11.5 Å². The van der Waals surface area contributed by atoms with Crippen LogP contribution in [0.5, 0.6) is 11.5 Å². The molecule has 217 valence electrons. The predicted molar refractivity (Wildman–Crippen MR) is 147 cm³/mol. The minimum absolute atomic E-state index is 0. The molecule has 2 heterocycles. The zero-order valence-corrected chi connectivity index (χ0v) is 23.8. The molecule has 4 aromatic rings. The van der Waals surface area contributed by atoms with Crippen LogP contribution in [0.1, 0.15) is 20.9 Å². The number of hydrogen-bond donors (Lipinski definition) is 4. The SMILES string of the molecule is O.O=C([O-])[C@H](Cc1ccc(O)cc1)NCc1cccs1.O=C([O-])[C@H](Cc1ccc(O)cc1)NCc1cccs1.[Cu+2]. The second-order valence-electron chi connectivity index (χ2n) is 8.40. The quantitative estimate of drug-likeness (QED) is 0.167. The number of rotatable bonds is 12. The molecule has 0 saturated carbocycles. The van der Waals surface area contributed by atoms with E-state index in [0.29, 0.717) is 25.9 Å². The summed E-state index contributed by atoms with van der Waals surface area (Å²) in [5.41, 5.74) is 1.68. The van der Waals surface area contributed by atoms with Crippen LogP contribution in [0.15, 0.2) is 83.6 Å². The standard InChI is InChI=1S/2C14H15NO3S.Cu.H2O/c2*16-11-5-3-10(4-6-11)8-13(14(17)18)15-9-12-2-1-7-19-12;;/h2*1-7,13,15-16H,8-9H2,(H,17,18);;1H2/q;;+2;/p-2/t2*13-;;/m00../s1. The molecule has 0 saturated heterocycles. The molecule has 12 heteroatoms. The molecule has 0 amide bonds. The van der Waals surface area contributed by atoms with E-state index in [9.17, 15) is 30.0 Å². The summed E-state index contributed by atoms with van der Waals surface area (Å²) in [4.78, 5) is 24.4. The summed E-state index contributed by atoms with van der Waals surface area (Å²) >= 11 is 3.15. The van der Waals surface area contributed by atoms with Crippen LogP contribution in [0, 0.1) is 0 Å². The maximum Gasteiger partial charge on any atom is 2.00 e. The first-order chi connectivity index (χ1) is 18.3. The van der Waals surface area contributed by atoms with Gasteiger partial charge in [-0.15, -0.1) is 22.7 Å². The number of aromatic hydroxyl groups is 2. The molecule has 0 unspecified atom stereocenters. The van der Waals surface area contributed by atoms with Crippen LogP contribution >= 0.6 is 22.7 Å². The van der Waals surface area contributed by atoms with Crippen molar-refractivity contribution in [1.82, 2.24) is 10.6 Å². The van der Waals surface area contributed by atoms with E-state index in [1.165, 1.54) is 0 Å². The second kappa shape index (κ2) is 18.2. The molecular formula is C28H30CuN2O7S2. The Bertz CT molecular complexity index is 1150. The Morgan fingerprint density at radius 1 is 0.675 bits per heavy atom. The zero-order valence-electron chi connectivity index (χ0n) is 21.2. The molecule has 0 aliphatic heterocycles. The van der Waals surface area contributed by atoms with Gasteiger partial charge >= 0.3 is 17.1 Å². The summed E-state index contributed by atoms with van der Waals surface area (Å²) in [5, 5.41) is 50.4. The third-order valence-corrected chi connectivity index (χ3v) is 7.28. The normalized spacial score (nSPS) is 11.6. The smallest absolute Gasteiger partial charge is 0.548 e. The molecule has 0 fully saturated rings. The molecule has 2 aromatic carbocycles. The summed E-state index contributed by atoms with van der Waals surface area (Å²) < 4.78 is 0. The Labute approximate surface area is 250 Å². The Morgan fingerprint density at radius 2 is 1.02 bits per heavy atom. The molecule has 2 atom stereocenters. The maximum atomic E-state index is 11.1. The number of benzene rings is 2. The molecule has 1 radical (unpaired) electrons. The molecule has 6 N–H and O–H groups in total. The van der Waals surface area contributed by atoms with Gasteiger partial charge in [0.15, 0.2) is 0 Å². The third kappa shape index (κ3) is 12.3. The number of carboxylic acids is 2. The van der Waals surface area contributed by atoms with Gasteiger partial charge in [0, 0.05) is 22.8 Å². The van der Waals surface area contributed by atoms with E-state index in [-0.39, 0.29) is 34.0 Å². The van der Waals surface area contributed by atoms with Crippen molar-refractivity contribution in [1.29, 1.82) is 0 Å². The van der Waals surface area contributed by atoms with Crippen LogP contribution in [0.4, 0.5) is 0 Å². The number of phenols is 2. The summed E-state index contributed by atoms with van der Waals surface area (Å²) in [6, 6.07) is 19.3. The number of carbonyl (C=O) groups excluding carboxylic acids is 2. The molecule has 9 nitrogen and oxygen atoms in total. The Balaban J connectivity index is 0.000000381. The Hall–Kier alpha value is -3.22. The minimum Gasteiger partial charge on any atom is -0.548 e. The van der Waals surface area contributed by atoms with Gasteiger partial charge in [-0.25, -0.2) is 0 Å². The van der Waals surface area contributed by atoms with Crippen molar-refractivity contribution in [3.63, 3.8) is 0 Å². The molecular weight excluding hydrogens is 604 g/mol. The van der Waals surface area contributed by atoms with Crippen LogP contribution < -0.4 is 20.8 Å². The predicted octanol–water partition coefficient (Wildman–Crippen LogP) is 0.982. The van der Waals surface area contributed by atoms with E-state index in [1.807, 2.05) is 35.0 Å². The van der Waals surface area contributed by atoms with Gasteiger partial charge in [0.1, 0.15) is 11.5 Å². The molecule has 4 rings (SSSR count). The van der Waals surface area contributed by atoms with Gasteiger partial charge in [-0.2, -0.15) is 0 Å². The minimum atomic E-state index is -1.12. The van der Waals surface area contributed by atoms with Gasteiger partial charge in [0.25, 0.3) is 0 Å². The number of carbonyl (C=O) groups is 2. The number of phenolic OH excluding ortho intramolecular Hbond substituents is 2. The molecule has 0 bridgehead atoms. The van der Waals surface area contributed by atoms with E-state index < -0.39 is 24.0 Å². The van der Waals surface area contributed by atoms with Gasteiger partial charge in [-0.05, 0) is 71.1 Å². The summed E-state index contributed by atoms with van der Waals surface area (Å²) in [6.07, 6.45) is 0.655. The number of carboxylic acid groups (broad SMARTS) is 2. The number of aliphatic carboxylic acids is 2. The molecule has 0 aliphatic rings. The van der Waals surface area contributed by atoms with Gasteiger partial charge in [0.2, 0.25) is 0 Å². The molecule has 0 spiro atoms. The van der Waals surface area contributed by atoms with E-state index in [4.69, 9.17) is 0 Å². The summed E-state index contributed by atoms with van der Waals surface area (Å²) in [6.45, 7) is 1.02. The fourth-order valence-corrected chi connectivity index (χ4v) is 4.80. The first kappa shape index (κ1) is 34.8.